The predicted molar refractivity (Wildman–Crippen MR) is 115 cm³/mol. The van der Waals surface area contributed by atoms with E-state index in [1.54, 1.807) is 0 Å². The van der Waals surface area contributed by atoms with Gasteiger partial charge in [-0.2, -0.15) is 5.10 Å². The van der Waals surface area contributed by atoms with Gasteiger partial charge in [-0.15, -0.1) is 0 Å². The molecule has 5 aromatic rings. The van der Waals surface area contributed by atoms with E-state index in [4.69, 9.17) is 16.0 Å². The first-order valence-electron chi connectivity index (χ1n) is 9.06. The Bertz CT molecular complexity index is 1390. The second kappa shape index (κ2) is 7.37. The number of hydrogen-bond acceptors (Lipinski definition) is 5. The molecule has 0 fully saturated rings. The molecule has 2 aromatic heterocycles. The van der Waals surface area contributed by atoms with Crippen LogP contribution in [-0.4, -0.2) is 9.97 Å². The summed E-state index contributed by atoms with van der Waals surface area (Å²) in [6.45, 7) is 0. The fraction of sp³-hybridized carbons (Fsp3) is 0. The molecule has 3 aromatic carbocycles. The third kappa shape index (κ3) is 3.44. The summed E-state index contributed by atoms with van der Waals surface area (Å²) in [4.78, 5) is 8.63. The Kier molecular flexibility index (Phi) is 4.42. The van der Waals surface area contributed by atoms with E-state index >= 15 is 0 Å². The fourth-order valence-electron chi connectivity index (χ4n) is 3.17. The molecule has 5 nitrogen and oxygen atoms in total. The Balaban J connectivity index is 1.66. The molecule has 29 heavy (non-hydrogen) atoms. The molecule has 0 aliphatic heterocycles. The van der Waals surface area contributed by atoms with Crippen LogP contribution in [0.15, 0.2) is 94.7 Å². The van der Waals surface area contributed by atoms with E-state index in [1.807, 2.05) is 78.9 Å². The normalized spacial score (nSPS) is 11.8. The van der Waals surface area contributed by atoms with Crippen LogP contribution in [0.3, 0.4) is 0 Å². The molecule has 0 unspecified atom stereocenters. The smallest absolute Gasteiger partial charge is 0.157 e. The number of benzene rings is 3. The molecule has 0 spiro atoms. The zero-order chi connectivity index (χ0) is 19.6. The van der Waals surface area contributed by atoms with Gasteiger partial charge in [0.05, 0.1) is 10.9 Å². The van der Waals surface area contributed by atoms with Gasteiger partial charge in [0.15, 0.2) is 5.82 Å². The quantitative estimate of drug-likeness (QED) is 0.400. The zero-order valence-corrected chi connectivity index (χ0v) is 16.0. The van der Waals surface area contributed by atoms with Crippen molar-refractivity contribution in [2.24, 2.45) is 5.10 Å². The van der Waals surface area contributed by atoms with Crippen molar-refractivity contribution in [3.8, 4) is 11.3 Å². The number of aromatic nitrogens is 2. The predicted octanol–water partition coefficient (Wildman–Crippen LogP) is 5.62. The number of nitrogens with one attached hydrogen (secondary N) is 1. The summed E-state index contributed by atoms with van der Waals surface area (Å²) in [6.07, 6.45) is 1.53. The molecule has 0 bridgehead atoms. The Morgan fingerprint density at radius 1 is 0.828 bits per heavy atom. The molecular weight excluding hydrogens is 384 g/mol. The molecule has 140 valence electrons. The van der Waals surface area contributed by atoms with Gasteiger partial charge >= 0.3 is 0 Å². The van der Waals surface area contributed by atoms with Gasteiger partial charge in [0.1, 0.15) is 17.7 Å². The van der Waals surface area contributed by atoms with Crippen LogP contribution in [0.4, 0.5) is 5.82 Å². The number of anilines is 1. The van der Waals surface area contributed by atoms with Crippen molar-refractivity contribution in [3.05, 3.63) is 95.6 Å². The van der Waals surface area contributed by atoms with Crippen LogP contribution >= 0.6 is 11.6 Å². The Labute approximate surface area is 171 Å². The maximum atomic E-state index is 6.09. The number of fused-ring (bicyclic) bond motifs is 2. The molecule has 6 heteroatoms. The molecule has 0 aliphatic rings. The third-order valence-electron chi connectivity index (χ3n) is 4.60. The highest BCUT2D eigenvalue weighted by Crippen LogP contribution is 2.24. The molecule has 0 radical (unpaired) electrons. The molecule has 0 atom stereocenters. The Morgan fingerprint density at radius 3 is 2.45 bits per heavy atom. The van der Waals surface area contributed by atoms with E-state index in [0.29, 0.717) is 16.6 Å². The maximum absolute atomic E-state index is 6.09. The van der Waals surface area contributed by atoms with Gasteiger partial charge in [0.25, 0.3) is 0 Å². The van der Waals surface area contributed by atoms with Crippen molar-refractivity contribution in [1.29, 1.82) is 0 Å². The van der Waals surface area contributed by atoms with Gasteiger partial charge in [-0.3, -0.25) is 5.43 Å². The van der Waals surface area contributed by atoms with E-state index in [1.165, 1.54) is 6.33 Å². The lowest BCUT2D eigenvalue weighted by Crippen LogP contribution is -2.08. The number of hydrogen-bond donors (Lipinski definition) is 1. The summed E-state index contributed by atoms with van der Waals surface area (Å²) in [5.41, 5.74) is 5.62. The van der Waals surface area contributed by atoms with Gasteiger partial charge in [-0.25, -0.2) is 9.97 Å². The van der Waals surface area contributed by atoms with Crippen molar-refractivity contribution in [1.82, 2.24) is 9.97 Å². The number of para-hydroxylation sites is 2. The summed E-state index contributed by atoms with van der Waals surface area (Å²) in [6, 6.07) is 25.0. The van der Waals surface area contributed by atoms with E-state index in [-0.39, 0.29) is 0 Å². The summed E-state index contributed by atoms with van der Waals surface area (Å²) in [7, 11) is 0. The van der Waals surface area contributed by atoms with Crippen LogP contribution in [0, 0.1) is 0 Å². The van der Waals surface area contributed by atoms with Gasteiger partial charge in [0.2, 0.25) is 0 Å². The van der Waals surface area contributed by atoms with Crippen molar-refractivity contribution >= 4 is 39.3 Å². The first-order chi connectivity index (χ1) is 14.3. The van der Waals surface area contributed by atoms with Crippen LogP contribution in [0.25, 0.3) is 33.2 Å². The van der Waals surface area contributed by atoms with Crippen molar-refractivity contribution in [3.63, 3.8) is 0 Å². The highest BCUT2D eigenvalue weighted by atomic mass is 35.5. The highest BCUT2D eigenvalue weighted by molar-refractivity contribution is 6.30. The van der Waals surface area contributed by atoms with Crippen LogP contribution in [0.5, 0.6) is 0 Å². The summed E-state index contributed by atoms with van der Waals surface area (Å²) < 4.78 is 6.09. The molecular formula is C23H15ClN4O. The van der Waals surface area contributed by atoms with Crippen molar-refractivity contribution < 1.29 is 4.42 Å². The van der Waals surface area contributed by atoms with E-state index in [9.17, 15) is 0 Å². The molecule has 0 saturated heterocycles. The monoisotopic (exact) mass is 398 g/mol. The topological polar surface area (TPSA) is 63.3 Å². The fourth-order valence-corrected chi connectivity index (χ4v) is 3.30. The van der Waals surface area contributed by atoms with Gasteiger partial charge in [-0.1, -0.05) is 35.9 Å². The van der Waals surface area contributed by atoms with E-state index in [0.717, 1.165) is 32.8 Å². The van der Waals surface area contributed by atoms with Gasteiger partial charge in [-0.05, 0) is 48.5 Å². The highest BCUT2D eigenvalue weighted by Gasteiger charge is 2.07. The molecule has 1 N–H and O–H groups in total. The number of halogens is 1. The zero-order valence-electron chi connectivity index (χ0n) is 15.2. The average molecular weight is 399 g/mol. The third-order valence-corrected chi connectivity index (χ3v) is 4.86. The van der Waals surface area contributed by atoms with E-state index in [2.05, 4.69) is 20.5 Å². The summed E-state index contributed by atoms with van der Waals surface area (Å²) in [5, 5.41) is 7.86. The summed E-state index contributed by atoms with van der Waals surface area (Å²) >= 11 is 6.02. The lowest BCUT2D eigenvalue weighted by atomic mass is 10.1. The van der Waals surface area contributed by atoms with Crippen molar-refractivity contribution in [2.45, 2.75) is 0 Å². The summed E-state index contributed by atoms with van der Waals surface area (Å²) in [5.74, 6) is 1.35. The minimum atomic E-state index is 0.647. The SMILES string of the molecule is Clc1ccc(-c2c/c(=N\Nc3ncnc4ccccc34)c3ccccc3o2)cc1. The van der Waals surface area contributed by atoms with Gasteiger partial charge < -0.3 is 4.42 Å². The lowest BCUT2D eigenvalue weighted by molar-refractivity contribution is 0.618. The van der Waals surface area contributed by atoms with Crippen LogP contribution in [-0.2, 0) is 0 Å². The van der Waals surface area contributed by atoms with Gasteiger partial charge in [0, 0.05) is 27.4 Å². The first kappa shape index (κ1) is 17.4. The maximum Gasteiger partial charge on any atom is 0.157 e. The van der Waals surface area contributed by atoms with Crippen molar-refractivity contribution in [2.75, 3.05) is 5.43 Å². The minimum Gasteiger partial charge on any atom is -0.456 e. The average Bonchev–Trinajstić information content (AvgIpc) is 2.78. The molecule has 5 rings (SSSR count). The first-order valence-corrected chi connectivity index (χ1v) is 9.44. The Hall–Kier alpha value is -3.70. The molecule has 0 aliphatic carbocycles. The lowest BCUT2D eigenvalue weighted by Gasteiger charge is -2.06. The number of rotatable bonds is 3. The number of nitrogens with zero attached hydrogens (tertiary/aromatic N) is 3. The molecule has 0 amide bonds. The van der Waals surface area contributed by atoms with Crippen LogP contribution < -0.4 is 10.8 Å². The minimum absolute atomic E-state index is 0.647. The molecule has 0 saturated carbocycles. The Morgan fingerprint density at radius 2 is 1.59 bits per heavy atom. The largest absolute Gasteiger partial charge is 0.456 e. The second-order valence-electron chi connectivity index (χ2n) is 6.46. The second-order valence-corrected chi connectivity index (χ2v) is 6.90. The van der Waals surface area contributed by atoms with Crippen LogP contribution in [0.2, 0.25) is 5.02 Å². The van der Waals surface area contributed by atoms with Crippen LogP contribution in [0.1, 0.15) is 0 Å². The molecule has 2 heterocycles. The standard InChI is InChI=1S/C23H15ClN4O/c24-16-11-9-15(10-12-16)22-13-20(17-5-2-4-8-21(17)29-22)27-28-23-18-6-1-3-7-19(18)25-14-26-23/h1-14H,(H,25,26,28)/b27-20+. The van der Waals surface area contributed by atoms with E-state index < -0.39 is 0 Å².